The van der Waals surface area contributed by atoms with Crippen LogP contribution in [-0.4, -0.2) is 19.7 Å². The van der Waals surface area contributed by atoms with Crippen LogP contribution in [0.4, 0.5) is 0 Å². The molecule has 0 aliphatic heterocycles. The molecule has 0 radical (unpaired) electrons. The van der Waals surface area contributed by atoms with E-state index in [1.54, 1.807) is 0 Å². The van der Waals surface area contributed by atoms with Crippen molar-refractivity contribution < 1.29 is 0 Å². The fourth-order valence-corrected chi connectivity index (χ4v) is 2.31. The van der Waals surface area contributed by atoms with Crippen molar-refractivity contribution in [3.63, 3.8) is 0 Å². The second-order valence-electron chi connectivity index (χ2n) is 4.55. The zero-order valence-corrected chi connectivity index (χ0v) is 10.6. The van der Waals surface area contributed by atoms with Crippen molar-refractivity contribution in [3.8, 4) is 11.1 Å². The third-order valence-electron chi connectivity index (χ3n) is 3.17. The van der Waals surface area contributed by atoms with Crippen molar-refractivity contribution in [2.45, 2.75) is 26.8 Å². The maximum atomic E-state index is 4.39. The Labute approximate surface area is 106 Å². The van der Waals surface area contributed by atoms with E-state index in [0.29, 0.717) is 0 Å². The summed E-state index contributed by atoms with van der Waals surface area (Å²) in [6.45, 7) is 5.21. The number of hydrogen-bond donors (Lipinski definition) is 1. The molecule has 3 heterocycles. The molecule has 18 heavy (non-hydrogen) atoms. The summed E-state index contributed by atoms with van der Waals surface area (Å²) < 4.78 is 1.99. The summed E-state index contributed by atoms with van der Waals surface area (Å²) in [4.78, 5) is 7.54. The minimum absolute atomic E-state index is 0.938. The van der Waals surface area contributed by atoms with E-state index in [4.69, 9.17) is 0 Å². The second kappa shape index (κ2) is 4.29. The van der Waals surface area contributed by atoms with Crippen LogP contribution in [0.25, 0.3) is 22.2 Å². The van der Waals surface area contributed by atoms with E-state index in [-0.39, 0.29) is 0 Å². The van der Waals surface area contributed by atoms with Crippen molar-refractivity contribution in [2.24, 2.45) is 0 Å². The summed E-state index contributed by atoms with van der Waals surface area (Å²) in [6, 6.07) is 2.05. The van der Waals surface area contributed by atoms with E-state index in [0.717, 1.165) is 24.2 Å². The van der Waals surface area contributed by atoms with Crippen molar-refractivity contribution in [1.82, 2.24) is 19.7 Å². The molecule has 0 aliphatic rings. The molecule has 0 aromatic carbocycles. The van der Waals surface area contributed by atoms with Gasteiger partial charge in [-0.1, -0.05) is 6.92 Å². The molecule has 3 aromatic heterocycles. The number of fused-ring (bicyclic) bond motifs is 1. The van der Waals surface area contributed by atoms with Gasteiger partial charge in [0.15, 0.2) is 0 Å². The van der Waals surface area contributed by atoms with Gasteiger partial charge in [-0.2, -0.15) is 5.10 Å². The summed E-state index contributed by atoms with van der Waals surface area (Å²) in [5.41, 5.74) is 4.50. The molecule has 0 aliphatic carbocycles. The minimum atomic E-state index is 0.938. The topological polar surface area (TPSA) is 46.5 Å². The SMILES string of the molecule is CCCn1cc(-c2ccnc3[nH]cc(C)c23)cn1. The number of aryl methyl sites for hydroxylation is 2. The zero-order valence-electron chi connectivity index (χ0n) is 10.6. The first-order valence-electron chi connectivity index (χ1n) is 6.25. The Bertz CT molecular complexity index is 678. The Morgan fingerprint density at radius 2 is 2.28 bits per heavy atom. The maximum Gasteiger partial charge on any atom is 0.138 e. The van der Waals surface area contributed by atoms with E-state index < -0.39 is 0 Å². The van der Waals surface area contributed by atoms with Crippen molar-refractivity contribution >= 4 is 11.0 Å². The van der Waals surface area contributed by atoms with Gasteiger partial charge in [0, 0.05) is 36.1 Å². The number of pyridine rings is 1. The summed E-state index contributed by atoms with van der Waals surface area (Å²) in [5, 5.41) is 5.58. The summed E-state index contributed by atoms with van der Waals surface area (Å²) >= 11 is 0. The Morgan fingerprint density at radius 1 is 1.39 bits per heavy atom. The van der Waals surface area contributed by atoms with Crippen LogP contribution in [0.5, 0.6) is 0 Å². The van der Waals surface area contributed by atoms with Crippen LogP contribution >= 0.6 is 0 Å². The average molecular weight is 240 g/mol. The van der Waals surface area contributed by atoms with Crippen LogP contribution < -0.4 is 0 Å². The number of aromatic nitrogens is 4. The highest BCUT2D eigenvalue weighted by Crippen LogP contribution is 2.29. The van der Waals surface area contributed by atoms with E-state index in [1.807, 2.05) is 23.3 Å². The number of H-pyrrole nitrogens is 1. The quantitative estimate of drug-likeness (QED) is 0.764. The van der Waals surface area contributed by atoms with E-state index in [1.165, 1.54) is 16.5 Å². The van der Waals surface area contributed by atoms with Gasteiger partial charge in [0.2, 0.25) is 0 Å². The largest absolute Gasteiger partial charge is 0.346 e. The first kappa shape index (κ1) is 11.0. The molecule has 4 nitrogen and oxygen atoms in total. The molecule has 1 N–H and O–H groups in total. The third-order valence-corrected chi connectivity index (χ3v) is 3.17. The lowest BCUT2D eigenvalue weighted by atomic mass is 10.1. The lowest BCUT2D eigenvalue weighted by Gasteiger charge is -2.01. The maximum absolute atomic E-state index is 4.39. The van der Waals surface area contributed by atoms with Crippen LogP contribution in [0.15, 0.2) is 30.9 Å². The van der Waals surface area contributed by atoms with Gasteiger partial charge >= 0.3 is 0 Å². The molecule has 3 aromatic rings. The molecule has 92 valence electrons. The van der Waals surface area contributed by atoms with Crippen LogP contribution in [0.1, 0.15) is 18.9 Å². The number of nitrogens with zero attached hydrogens (tertiary/aromatic N) is 3. The average Bonchev–Trinajstić information content (AvgIpc) is 2.98. The van der Waals surface area contributed by atoms with Crippen molar-refractivity contribution in [2.75, 3.05) is 0 Å². The van der Waals surface area contributed by atoms with Crippen LogP contribution in [-0.2, 0) is 6.54 Å². The van der Waals surface area contributed by atoms with E-state index in [2.05, 4.69) is 41.2 Å². The Balaban J connectivity index is 2.15. The fourth-order valence-electron chi connectivity index (χ4n) is 2.31. The van der Waals surface area contributed by atoms with Gasteiger partial charge in [-0.25, -0.2) is 4.98 Å². The van der Waals surface area contributed by atoms with Gasteiger partial charge in [-0.3, -0.25) is 4.68 Å². The Morgan fingerprint density at radius 3 is 3.11 bits per heavy atom. The Hall–Kier alpha value is -2.10. The van der Waals surface area contributed by atoms with Gasteiger partial charge in [0.25, 0.3) is 0 Å². The van der Waals surface area contributed by atoms with Gasteiger partial charge in [-0.05, 0) is 30.5 Å². The number of rotatable bonds is 3. The minimum Gasteiger partial charge on any atom is -0.346 e. The Kier molecular flexibility index (Phi) is 2.63. The molecule has 0 fully saturated rings. The van der Waals surface area contributed by atoms with Crippen LogP contribution in [0.3, 0.4) is 0 Å². The smallest absolute Gasteiger partial charge is 0.138 e. The lowest BCUT2D eigenvalue weighted by Crippen LogP contribution is -1.95. The standard InChI is InChI=1S/C14H16N4/c1-3-6-18-9-11(8-17-18)12-4-5-15-14-13(12)10(2)7-16-14/h4-5,7-9H,3,6H2,1-2H3,(H,15,16). The highest BCUT2D eigenvalue weighted by atomic mass is 15.3. The molecule has 4 heteroatoms. The van der Waals surface area contributed by atoms with Gasteiger partial charge in [-0.15, -0.1) is 0 Å². The first-order chi connectivity index (χ1) is 8.79. The molecule has 0 saturated carbocycles. The van der Waals surface area contributed by atoms with Crippen LogP contribution in [0.2, 0.25) is 0 Å². The lowest BCUT2D eigenvalue weighted by molar-refractivity contribution is 0.603. The normalized spacial score (nSPS) is 11.2. The molecular formula is C14H16N4. The number of aromatic amines is 1. The van der Waals surface area contributed by atoms with Gasteiger partial charge in [0.05, 0.1) is 6.20 Å². The monoisotopic (exact) mass is 240 g/mol. The van der Waals surface area contributed by atoms with Crippen LogP contribution in [0, 0.1) is 6.92 Å². The summed E-state index contributed by atoms with van der Waals surface area (Å²) in [7, 11) is 0. The molecule has 0 spiro atoms. The fraction of sp³-hybridized carbons (Fsp3) is 0.286. The summed E-state index contributed by atoms with van der Waals surface area (Å²) in [5.74, 6) is 0. The molecule has 0 atom stereocenters. The first-order valence-corrected chi connectivity index (χ1v) is 6.25. The molecule has 0 unspecified atom stereocenters. The number of hydrogen-bond acceptors (Lipinski definition) is 2. The van der Waals surface area contributed by atoms with Crippen molar-refractivity contribution in [3.05, 3.63) is 36.4 Å². The van der Waals surface area contributed by atoms with E-state index in [9.17, 15) is 0 Å². The predicted octanol–water partition coefficient (Wildman–Crippen LogP) is 3.14. The molecule has 0 bridgehead atoms. The molecular weight excluding hydrogens is 224 g/mol. The molecule has 0 amide bonds. The van der Waals surface area contributed by atoms with E-state index >= 15 is 0 Å². The van der Waals surface area contributed by atoms with Crippen molar-refractivity contribution in [1.29, 1.82) is 0 Å². The second-order valence-corrected chi connectivity index (χ2v) is 4.55. The zero-order chi connectivity index (χ0) is 12.5. The third kappa shape index (κ3) is 1.70. The van der Waals surface area contributed by atoms with Gasteiger partial charge < -0.3 is 4.98 Å². The van der Waals surface area contributed by atoms with Gasteiger partial charge in [0.1, 0.15) is 5.65 Å². The predicted molar refractivity (Wildman–Crippen MR) is 72.3 cm³/mol. The highest BCUT2D eigenvalue weighted by molar-refractivity contribution is 5.95. The highest BCUT2D eigenvalue weighted by Gasteiger charge is 2.10. The summed E-state index contributed by atoms with van der Waals surface area (Å²) in [6.07, 6.45) is 8.96. The number of nitrogens with one attached hydrogen (secondary N) is 1. The molecule has 3 rings (SSSR count). The molecule has 0 saturated heterocycles.